The summed E-state index contributed by atoms with van der Waals surface area (Å²) in [4.78, 5) is 22.3. The van der Waals surface area contributed by atoms with Crippen molar-refractivity contribution in [3.05, 3.63) is 11.3 Å². The number of ether oxygens (including phenoxy) is 1. The number of nitrogens with zero attached hydrogens (tertiary/aromatic N) is 3. The molecule has 0 aromatic carbocycles. The number of carbonyl (C=O) groups is 1. The summed E-state index contributed by atoms with van der Waals surface area (Å²) in [6, 6.07) is 0. The summed E-state index contributed by atoms with van der Waals surface area (Å²) in [7, 11) is 1.41. The molecule has 0 N–H and O–H groups in total. The second kappa shape index (κ2) is 6.07. The van der Waals surface area contributed by atoms with E-state index in [4.69, 9.17) is 4.74 Å². The molecule has 3 aliphatic rings. The normalized spacial score (nSPS) is 29.1. The Bertz CT molecular complexity index is 703. The van der Waals surface area contributed by atoms with E-state index in [-0.39, 0.29) is 18.1 Å². The van der Waals surface area contributed by atoms with Crippen molar-refractivity contribution < 1.29 is 18.3 Å². The SMILES string of the molecule is COC(=O)CC1[C@H]2CN(c3nc(SC)nc4c3CCCC4(F)F)C[C@@H]12. The van der Waals surface area contributed by atoms with E-state index >= 15 is 0 Å². The Morgan fingerprint density at radius 2 is 2.08 bits per heavy atom. The Balaban J connectivity index is 1.58. The van der Waals surface area contributed by atoms with Crippen molar-refractivity contribution in [3.63, 3.8) is 0 Å². The van der Waals surface area contributed by atoms with Crippen LogP contribution in [-0.2, 0) is 21.9 Å². The van der Waals surface area contributed by atoms with Crippen molar-refractivity contribution >= 4 is 23.5 Å². The molecule has 4 rings (SSSR count). The molecule has 3 atom stereocenters. The van der Waals surface area contributed by atoms with Crippen molar-refractivity contribution in [2.24, 2.45) is 17.8 Å². The molecule has 8 heteroatoms. The van der Waals surface area contributed by atoms with E-state index in [9.17, 15) is 13.6 Å². The first kappa shape index (κ1) is 17.0. The minimum Gasteiger partial charge on any atom is -0.469 e. The lowest BCUT2D eigenvalue weighted by Crippen LogP contribution is -2.31. The quantitative estimate of drug-likeness (QED) is 0.462. The fourth-order valence-electron chi connectivity index (χ4n) is 4.34. The van der Waals surface area contributed by atoms with Crippen LogP contribution in [0.4, 0.5) is 14.6 Å². The zero-order valence-electron chi connectivity index (χ0n) is 14.3. The molecule has 2 heterocycles. The van der Waals surface area contributed by atoms with E-state index in [1.54, 1.807) is 6.26 Å². The molecule has 0 spiro atoms. The van der Waals surface area contributed by atoms with Crippen LogP contribution < -0.4 is 4.90 Å². The lowest BCUT2D eigenvalue weighted by molar-refractivity contribution is -0.141. The summed E-state index contributed by atoms with van der Waals surface area (Å²) in [5.74, 6) is -1.13. The predicted octanol–water partition coefficient (Wildman–Crippen LogP) is 2.87. The molecule has 1 aliphatic heterocycles. The molecule has 1 aromatic rings. The number of anilines is 1. The number of thioether (sulfide) groups is 1. The number of alkyl halides is 2. The number of rotatable bonds is 4. The predicted molar refractivity (Wildman–Crippen MR) is 90.0 cm³/mol. The number of methoxy groups -OCH3 is 1. The highest BCUT2D eigenvalue weighted by atomic mass is 32.2. The van der Waals surface area contributed by atoms with Crippen molar-refractivity contribution in [2.75, 3.05) is 31.4 Å². The van der Waals surface area contributed by atoms with Crippen LogP contribution >= 0.6 is 11.8 Å². The highest BCUT2D eigenvalue weighted by Gasteiger charge is 2.57. The number of piperidine rings is 1. The maximum atomic E-state index is 14.3. The molecule has 25 heavy (non-hydrogen) atoms. The maximum absolute atomic E-state index is 14.3. The van der Waals surface area contributed by atoms with Crippen LogP contribution in [0.25, 0.3) is 0 Å². The molecular formula is C17H21F2N3O2S. The van der Waals surface area contributed by atoms with Crippen LogP contribution in [0, 0.1) is 17.8 Å². The number of fused-ring (bicyclic) bond motifs is 2. The second-order valence-electron chi connectivity index (χ2n) is 7.10. The molecule has 1 unspecified atom stereocenters. The van der Waals surface area contributed by atoms with Crippen LogP contribution in [0.1, 0.15) is 30.5 Å². The summed E-state index contributed by atoms with van der Waals surface area (Å²) in [5.41, 5.74) is 0.527. The molecule has 2 aliphatic carbocycles. The van der Waals surface area contributed by atoms with Gasteiger partial charge in [-0.25, -0.2) is 9.97 Å². The first-order valence-electron chi connectivity index (χ1n) is 8.59. The van der Waals surface area contributed by atoms with Crippen molar-refractivity contribution in [1.82, 2.24) is 9.97 Å². The largest absolute Gasteiger partial charge is 0.469 e. The highest BCUT2D eigenvalue weighted by Crippen LogP contribution is 2.55. The van der Waals surface area contributed by atoms with Gasteiger partial charge in [0, 0.05) is 31.5 Å². The Labute approximate surface area is 149 Å². The van der Waals surface area contributed by atoms with E-state index in [2.05, 4.69) is 14.9 Å². The van der Waals surface area contributed by atoms with Crippen molar-refractivity contribution in [1.29, 1.82) is 0 Å². The Morgan fingerprint density at radius 1 is 1.36 bits per heavy atom. The third-order valence-electron chi connectivity index (χ3n) is 5.71. The van der Waals surface area contributed by atoms with E-state index < -0.39 is 5.92 Å². The lowest BCUT2D eigenvalue weighted by Gasteiger charge is -2.30. The molecule has 1 aromatic heterocycles. The Hall–Kier alpha value is -1.44. The third-order valence-corrected chi connectivity index (χ3v) is 6.26. The summed E-state index contributed by atoms with van der Waals surface area (Å²) < 4.78 is 33.4. The van der Waals surface area contributed by atoms with Gasteiger partial charge in [-0.2, -0.15) is 8.78 Å². The fourth-order valence-corrected chi connectivity index (χ4v) is 4.70. The lowest BCUT2D eigenvalue weighted by atomic mass is 9.93. The minimum atomic E-state index is -2.87. The maximum Gasteiger partial charge on any atom is 0.305 e. The van der Waals surface area contributed by atoms with E-state index in [1.165, 1.54) is 18.9 Å². The first-order valence-corrected chi connectivity index (χ1v) is 9.82. The van der Waals surface area contributed by atoms with Crippen LogP contribution in [-0.4, -0.2) is 42.4 Å². The smallest absolute Gasteiger partial charge is 0.305 e. The van der Waals surface area contributed by atoms with Gasteiger partial charge in [0.2, 0.25) is 0 Å². The van der Waals surface area contributed by atoms with Gasteiger partial charge in [0.25, 0.3) is 5.92 Å². The summed E-state index contributed by atoms with van der Waals surface area (Å²) in [5, 5.41) is 0.405. The Kier molecular flexibility index (Phi) is 4.13. The number of carbonyl (C=O) groups excluding carboxylic acids is 1. The van der Waals surface area contributed by atoms with Gasteiger partial charge in [0.1, 0.15) is 11.5 Å². The first-order chi connectivity index (χ1) is 11.9. The van der Waals surface area contributed by atoms with Crippen molar-refractivity contribution in [2.45, 2.75) is 36.8 Å². The average Bonchev–Trinajstić information content (AvgIpc) is 3.03. The van der Waals surface area contributed by atoms with Crippen LogP contribution in [0.5, 0.6) is 0 Å². The summed E-state index contributed by atoms with van der Waals surface area (Å²) >= 11 is 1.30. The number of aromatic nitrogens is 2. The molecule has 0 bridgehead atoms. The zero-order chi connectivity index (χ0) is 17.8. The third kappa shape index (κ3) is 2.88. The van der Waals surface area contributed by atoms with Gasteiger partial charge in [-0.15, -0.1) is 0 Å². The monoisotopic (exact) mass is 369 g/mol. The van der Waals surface area contributed by atoms with E-state index in [0.717, 1.165) is 13.1 Å². The van der Waals surface area contributed by atoms with Crippen LogP contribution in [0.15, 0.2) is 5.16 Å². The summed E-state index contributed by atoms with van der Waals surface area (Å²) in [6.45, 7) is 1.55. The number of halogens is 2. The highest BCUT2D eigenvalue weighted by molar-refractivity contribution is 7.98. The molecular weight excluding hydrogens is 348 g/mol. The standard InChI is InChI=1S/C17H21F2N3O2S/c1-24-13(23)6-10-11-7-22(8-12(10)11)15-9-4-3-5-17(18,19)14(9)20-16(21-15)25-2/h10-12H,3-8H2,1-2H3/t10?,11-,12+. The van der Waals surface area contributed by atoms with Gasteiger partial charge in [-0.05, 0) is 36.9 Å². The number of esters is 1. The molecule has 1 saturated carbocycles. The van der Waals surface area contributed by atoms with Gasteiger partial charge in [-0.3, -0.25) is 4.79 Å². The average molecular weight is 369 g/mol. The van der Waals surface area contributed by atoms with Crippen molar-refractivity contribution in [3.8, 4) is 0 Å². The topological polar surface area (TPSA) is 55.3 Å². The second-order valence-corrected chi connectivity index (χ2v) is 7.87. The molecule has 0 amide bonds. The van der Waals surface area contributed by atoms with Gasteiger partial charge in [0.05, 0.1) is 7.11 Å². The van der Waals surface area contributed by atoms with Gasteiger partial charge < -0.3 is 9.64 Å². The molecule has 1 saturated heterocycles. The minimum absolute atomic E-state index is 0.0835. The number of hydrogen-bond acceptors (Lipinski definition) is 6. The molecule has 0 radical (unpaired) electrons. The van der Waals surface area contributed by atoms with Crippen LogP contribution in [0.2, 0.25) is 0 Å². The van der Waals surface area contributed by atoms with Gasteiger partial charge in [-0.1, -0.05) is 11.8 Å². The Morgan fingerprint density at radius 3 is 2.72 bits per heavy atom. The molecule has 5 nitrogen and oxygen atoms in total. The van der Waals surface area contributed by atoms with Gasteiger partial charge in [0.15, 0.2) is 5.16 Å². The fraction of sp³-hybridized carbons (Fsp3) is 0.706. The van der Waals surface area contributed by atoms with E-state index in [0.29, 0.717) is 53.6 Å². The van der Waals surface area contributed by atoms with E-state index in [1.807, 2.05) is 0 Å². The molecule has 136 valence electrons. The zero-order valence-corrected chi connectivity index (χ0v) is 15.1. The molecule has 2 fully saturated rings. The van der Waals surface area contributed by atoms with Crippen LogP contribution in [0.3, 0.4) is 0 Å². The summed E-state index contributed by atoms with van der Waals surface area (Å²) in [6.07, 6.45) is 3.18. The number of hydrogen-bond donors (Lipinski definition) is 0. The van der Waals surface area contributed by atoms with Gasteiger partial charge >= 0.3 is 5.97 Å².